The lowest BCUT2D eigenvalue weighted by Crippen LogP contribution is -2.19. The summed E-state index contributed by atoms with van der Waals surface area (Å²) in [5.41, 5.74) is 2.28. The van der Waals surface area contributed by atoms with E-state index in [4.69, 9.17) is 16.3 Å². The molecule has 0 bridgehead atoms. The lowest BCUT2D eigenvalue weighted by Gasteiger charge is -2.12. The number of hydrogen-bond donors (Lipinski definition) is 2. The number of carbonyl (C=O) groups is 1. The zero-order valence-corrected chi connectivity index (χ0v) is 12.0. The standard InChI is InChI=1S/C15H15ClN2O2/c1-10-6-7-14(20-2)13(8-10)18-15(19)17-12-5-3-4-11(16)9-12/h3-9H,1-2H3,(H2,17,18,19). The molecule has 5 heteroatoms. The molecular weight excluding hydrogens is 276 g/mol. The molecular formula is C15H15ClN2O2. The number of methoxy groups -OCH3 is 1. The Balaban J connectivity index is 2.10. The summed E-state index contributed by atoms with van der Waals surface area (Å²) in [7, 11) is 1.56. The quantitative estimate of drug-likeness (QED) is 0.885. The van der Waals surface area contributed by atoms with Crippen LogP contribution in [-0.2, 0) is 0 Å². The maximum absolute atomic E-state index is 12.0. The first kappa shape index (κ1) is 14.2. The molecule has 0 radical (unpaired) electrons. The number of rotatable bonds is 3. The van der Waals surface area contributed by atoms with E-state index in [1.54, 1.807) is 31.4 Å². The van der Waals surface area contributed by atoms with Crippen molar-refractivity contribution < 1.29 is 9.53 Å². The number of nitrogens with one attached hydrogen (secondary N) is 2. The zero-order valence-electron chi connectivity index (χ0n) is 11.2. The highest BCUT2D eigenvalue weighted by atomic mass is 35.5. The predicted octanol–water partition coefficient (Wildman–Crippen LogP) is 4.30. The van der Waals surface area contributed by atoms with E-state index in [9.17, 15) is 4.79 Å². The van der Waals surface area contributed by atoms with Crippen LogP contribution < -0.4 is 15.4 Å². The Bertz CT molecular complexity index is 629. The van der Waals surface area contributed by atoms with Crippen LogP contribution in [0.3, 0.4) is 0 Å². The van der Waals surface area contributed by atoms with Crippen molar-refractivity contribution in [3.63, 3.8) is 0 Å². The highest BCUT2D eigenvalue weighted by Gasteiger charge is 2.08. The summed E-state index contributed by atoms with van der Waals surface area (Å²) in [6.45, 7) is 1.94. The number of ether oxygens (including phenoxy) is 1. The van der Waals surface area contributed by atoms with Crippen LogP contribution in [0, 0.1) is 6.92 Å². The predicted molar refractivity (Wildman–Crippen MR) is 81.8 cm³/mol. The number of urea groups is 1. The van der Waals surface area contributed by atoms with E-state index >= 15 is 0 Å². The first-order valence-electron chi connectivity index (χ1n) is 6.06. The summed E-state index contributed by atoms with van der Waals surface area (Å²) in [5, 5.41) is 6.03. The zero-order chi connectivity index (χ0) is 14.5. The van der Waals surface area contributed by atoms with Crippen molar-refractivity contribution in [2.75, 3.05) is 17.7 Å². The first-order valence-corrected chi connectivity index (χ1v) is 6.44. The first-order chi connectivity index (χ1) is 9.58. The van der Waals surface area contributed by atoms with Crippen LogP contribution in [0.2, 0.25) is 5.02 Å². The van der Waals surface area contributed by atoms with E-state index in [0.29, 0.717) is 22.1 Å². The molecule has 0 atom stereocenters. The molecule has 0 aliphatic carbocycles. The van der Waals surface area contributed by atoms with E-state index in [1.165, 1.54) is 0 Å². The highest BCUT2D eigenvalue weighted by molar-refractivity contribution is 6.30. The van der Waals surface area contributed by atoms with E-state index in [1.807, 2.05) is 25.1 Å². The normalized spacial score (nSPS) is 9.95. The van der Waals surface area contributed by atoms with E-state index in [2.05, 4.69) is 10.6 Å². The van der Waals surface area contributed by atoms with Gasteiger partial charge in [0.1, 0.15) is 5.75 Å². The van der Waals surface area contributed by atoms with E-state index < -0.39 is 0 Å². The molecule has 0 aliphatic rings. The van der Waals surface area contributed by atoms with Crippen molar-refractivity contribution in [2.45, 2.75) is 6.92 Å². The van der Waals surface area contributed by atoms with Gasteiger partial charge in [0.15, 0.2) is 0 Å². The summed E-state index contributed by atoms with van der Waals surface area (Å²) in [4.78, 5) is 12.0. The number of aryl methyl sites for hydroxylation is 1. The van der Waals surface area contributed by atoms with E-state index in [-0.39, 0.29) is 6.03 Å². The van der Waals surface area contributed by atoms with Crippen LogP contribution in [0.15, 0.2) is 42.5 Å². The number of carbonyl (C=O) groups excluding carboxylic acids is 1. The van der Waals surface area contributed by atoms with Crippen LogP contribution in [0.25, 0.3) is 0 Å². The molecule has 2 amide bonds. The fourth-order valence-corrected chi connectivity index (χ4v) is 1.96. The largest absolute Gasteiger partial charge is 0.495 e. The fourth-order valence-electron chi connectivity index (χ4n) is 1.77. The van der Waals surface area contributed by atoms with Crippen molar-refractivity contribution in [1.82, 2.24) is 0 Å². The molecule has 2 aromatic carbocycles. The Morgan fingerprint density at radius 2 is 1.95 bits per heavy atom. The summed E-state index contributed by atoms with van der Waals surface area (Å²) < 4.78 is 5.21. The lowest BCUT2D eigenvalue weighted by molar-refractivity contribution is 0.262. The third-order valence-corrected chi connectivity index (χ3v) is 2.92. The van der Waals surface area contributed by atoms with Gasteiger partial charge in [0.25, 0.3) is 0 Å². The number of halogens is 1. The third-order valence-electron chi connectivity index (χ3n) is 2.69. The topological polar surface area (TPSA) is 50.4 Å². The maximum atomic E-state index is 12.0. The lowest BCUT2D eigenvalue weighted by atomic mass is 10.2. The number of amides is 2. The summed E-state index contributed by atoms with van der Waals surface area (Å²) >= 11 is 5.87. The summed E-state index contributed by atoms with van der Waals surface area (Å²) in [5.74, 6) is 0.608. The number of anilines is 2. The molecule has 0 heterocycles. The van der Waals surface area contributed by atoms with Gasteiger partial charge in [0, 0.05) is 10.7 Å². The number of hydrogen-bond acceptors (Lipinski definition) is 2. The minimum absolute atomic E-state index is 0.351. The molecule has 0 spiro atoms. The SMILES string of the molecule is COc1ccc(C)cc1NC(=O)Nc1cccc(Cl)c1. The van der Waals surface area contributed by atoms with Crippen molar-refractivity contribution in [1.29, 1.82) is 0 Å². The fraction of sp³-hybridized carbons (Fsp3) is 0.133. The van der Waals surface area contributed by atoms with Gasteiger partial charge in [-0.25, -0.2) is 4.79 Å². The Labute approximate surface area is 122 Å². The number of benzene rings is 2. The van der Waals surface area contributed by atoms with Crippen LogP contribution in [0.5, 0.6) is 5.75 Å². The molecule has 104 valence electrons. The molecule has 2 rings (SSSR count). The van der Waals surface area contributed by atoms with Crippen molar-refractivity contribution in [2.24, 2.45) is 0 Å². The Kier molecular flexibility index (Phi) is 4.48. The second-order valence-electron chi connectivity index (χ2n) is 4.29. The van der Waals surface area contributed by atoms with Gasteiger partial charge in [-0.2, -0.15) is 0 Å². The molecule has 0 fully saturated rings. The van der Waals surface area contributed by atoms with Gasteiger partial charge >= 0.3 is 6.03 Å². The Morgan fingerprint density at radius 3 is 2.65 bits per heavy atom. The molecule has 0 saturated heterocycles. The minimum atomic E-state index is -0.351. The van der Waals surface area contributed by atoms with Gasteiger partial charge in [-0.3, -0.25) is 0 Å². The third kappa shape index (κ3) is 3.65. The molecule has 20 heavy (non-hydrogen) atoms. The molecule has 2 aromatic rings. The highest BCUT2D eigenvalue weighted by Crippen LogP contribution is 2.25. The second kappa shape index (κ2) is 6.30. The second-order valence-corrected chi connectivity index (χ2v) is 4.73. The Morgan fingerprint density at radius 1 is 1.15 bits per heavy atom. The van der Waals surface area contributed by atoms with Gasteiger partial charge in [-0.1, -0.05) is 23.7 Å². The van der Waals surface area contributed by atoms with Crippen LogP contribution in [0.4, 0.5) is 16.2 Å². The molecule has 0 unspecified atom stereocenters. The van der Waals surface area contributed by atoms with Gasteiger partial charge in [-0.05, 0) is 42.8 Å². The van der Waals surface area contributed by atoms with Gasteiger partial charge in [0.05, 0.1) is 12.8 Å². The minimum Gasteiger partial charge on any atom is -0.495 e. The molecule has 4 nitrogen and oxygen atoms in total. The monoisotopic (exact) mass is 290 g/mol. The average molecular weight is 291 g/mol. The Hall–Kier alpha value is -2.20. The summed E-state index contributed by atoms with van der Waals surface area (Å²) in [6.07, 6.45) is 0. The maximum Gasteiger partial charge on any atom is 0.323 e. The molecule has 0 saturated carbocycles. The van der Waals surface area contributed by atoms with Gasteiger partial charge in [-0.15, -0.1) is 0 Å². The van der Waals surface area contributed by atoms with Crippen LogP contribution >= 0.6 is 11.6 Å². The molecule has 2 N–H and O–H groups in total. The van der Waals surface area contributed by atoms with E-state index in [0.717, 1.165) is 5.56 Å². The smallest absolute Gasteiger partial charge is 0.323 e. The van der Waals surface area contributed by atoms with Crippen LogP contribution in [-0.4, -0.2) is 13.1 Å². The molecule has 0 aromatic heterocycles. The van der Waals surface area contributed by atoms with Gasteiger partial charge in [0.2, 0.25) is 0 Å². The van der Waals surface area contributed by atoms with Crippen molar-refractivity contribution in [3.8, 4) is 5.75 Å². The molecule has 0 aliphatic heterocycles. The average Bonchev–Trinajstić information content (AvgIpc) is 2.38. The van der Waals surface area contributed by atoms with Crippen LogP contribution in [0.1, 0.15) is 5.56 Å². The summed E-state index contributed by atoms with van der Waals surface area (Å²) in [6, 6.07) is 12.2. The van der Waals surface area contributed by atoms with Crippen molar-refractivity contribution >= 4 is 29.0 Å². The van der Waals surface area contributed by atoms with Crippen molar-refractivity contribution in [3.05, 3.63) is 53.1 Å². The van der Waals surface area contributed by atoms with Gasteiger partial charge < -0.3 is 15.4 Å².